The second kappa shape index (κ2) is 7.34. The molecular weight excluding hydrogens is 304 g/mol. The van der Waals surface area contributed by atoms with Gasteiger partial charge in [0.1, 0.15) is 0 Å². The number of methoxy groups -OCH3 is 1. The molecule has 0 heterocycles. The quantitative estimate of drug-likeness (QED) is 0.621. The fourth-order valence-electron chi connectivity index (χ4n) is 4.55. The van der Waals surface area contributed by atoms with Crippen molar-refractivity contribution in [3.63, 3.8) is 0 Å². The average molecular weight is 330 g/mol. The van der Waals surface area contributed by atoms with Crippen LogP contribution < -0.4 is 10.9 Å². The second-order valence-corrected chi connectivity index (χ2v) is 7.14. The van der Waals surface area contributed by atoms with Crippen LogP contribution in [-0.2, 0) is 9.53 Å². The number of rotatable bonds is 6. The van der Waals surface area contributed by atoms with E-state index < -0.39 is 0 Å². The maximum Gasteiger partial charge on any atom is 0.310 e. The third-order valence-electron chi connectivity index (χ3n) is 5.72. The third kappa shape index (κ3) is 3.46. The Kier molecular flexibility index (Phi) is 5.19. The summed E-state index contributed by atoms with van der Waals surface area (Å²) in [6, 6.07) is 8.87. The zero-order chi connectivity index (χ0) is 17.1. The Hall–Kier alpha value is -1.88. The number of benzene rings is 1. The summed E-state index contributed by atoms with van der Waals surface area (Å²) < 4.78 is 5.05. The van der Waals surface area contributed by atoms with Gasteiger partial charge in [0.05, 0.1) is 13.0 Å². The first-order chi connectivity index (χ1) is 11.6. The molecule has 0 spiro atoms. The summed E-state index contributed by atoms with van der Waals surface area (Å²) in [7, 11) is 1.44. The van der Waals surface area contributed by atoms with E-state index in [1.54, 1.807) is 12.1 Å². The lowest BCUT2D eigenvalue weighted by Gasteiger charge is -2.33. The molecule has 0 aromatic heterocycles. The Labute approximate surface area is 143 Å². The molecule has 2 aliphatic carbocycles. The van der Waals surface area contributed by atoms with Crippen molar-refractivity contribution < 1.29 is 14.3 Å². The minimum Gasteiger partial charge on any atom is -0.469 e. The number of carbonyl (C=O) groups excluding carboxylic acids is 2. The van der Waals surface area contributed by atoms with E-state index in [1.807, 2.05) is 25.1 Å². The Morgan fingerprint density at radius 3 is 2.50 bits per heavy atom. The highest BCUT2D eigenvalue weighted by Crippen LogP contribution is 2.51. The molecule has 0 aliphatic heterocycles. The fraction of sp³-hybridized carbons (Fsp3) is 0.579. The van der Waals surface area contributed by atoms with Crippen molar-refractivity contribution in [2.24, 2.45) is 23.7 Å². The van der Waals surface area contributed by atoms with Gasteiger partial charge in [-0.3, -0.25) is 15.0 Å². The molecule has 5 unspecified atom stereocenters. The van der Waals surface area contributed by atoms with Gasteiger partial charge in [-0.25, -0.2) is 5.43 Å². The van der Waals surface area contributed by atoms with Gasteiger partial charge in [0.2, 0.25) is 0 Å². The Balaban J connectivity index is 1.62. The lowest BCUT2D eigenvalue weighted by molar-refractivity contribution is -0.149. The molecule has 2 N–H and O–H groups in total. The molecule has 5 atom stereocenters. The van der Waals surface area contributed by atoms with Crippen molar-refractivity contribution in [1.29, 1.82) is 0 Å². The summed E-state index contributed by atoms with van der Waals surface area (Å²) in [6.07, 6.45) is 4.85. The largest absolute Gasteiger partial charge is 0.469 e. The van der Waals surface area contributed by atoms with Crippen molar-refractivity contribution in [2.75, 3.05) is 7.11 Å². The number of nitrogens with one attached hydrogen (secondary N) is 2. The van der Waals surface area contributed by atoms with Crippen LogP contribution >= 0.6 is 0 Å². The maximum atomic E-state index is 12.4. The van der Waals surface area contributed by atoms with Gasteiger partial charge in [0.25, 0.3) is 5.91 Å². The van der Waals surface area contributed by atoms with E-state index in [2.05, 4.69) is 10.9 Å². The Morgan fingerprint density at radius 1 is 1.17 bits per heavy atom. The van der Waals surface area contributed by atoms with Gasteiger partial charge in [-0.1, -0.05) is 24.6 Å². The number of carbonyl (C=O) groups is 2. The monoisotopic (exact) mass is 330 g/mol. The highest BCUT2D eigenvalue weighted by atomic mass is 16.5. The van der Waals surface area contributed by atoms with Crippen molar-refractivity contribution in [2.45, 2.75) is 38.6 Å². The SMILES string of the molecule is COC(=O)C(C(C)NNC(=O)c1ccccc1)C1CC2CCC1C2. The predicted octanol–water partition coefficient (Wildman–Crippen LogP) is 2.53. The minimum absolute atomic E-state index is 0.172. The zero-order valence-electron chi connectivity index (χ0n) is 14.3. The number of hydrogen-bond donors (Lipinski definition) is 2. The molecular formula is C19H26N2O3. The first kappa shape index (κ1) is 17.0. The van der Waals surface area contributed by atoms with Crippen LogP contribution in [0.15, 0.2) is 30.3 Å². The van der Waals surface area contributed by atoms with Crippen LogP contribution in [0.5, 0.6) is 0 Å². The number of esters is 1. The summed E-state index contributed by atoms with van der Waals surface area (Å²) in [4.78, 5) is 24.5. The van der Waals surface area contributed by atoms with E-state index in [-0.39, 0.29) is 23.8 Å². The zero-order valence-corrected chi connectivity index (χ0v) is 14.3. The molecule has 130 valence electrons. The van der Waals surface area contributed by atoms with E-state index >= 15 is 0 Å². The van der Waals surface area contributed by atoms with E-state index in [4.69, 9.17) is 4.74 Å². The number of amides is 1. The molecule has 1 amide bonds. The predicted molar refractivity (Wildman–Crippen MR) is 90.9 cm³/mol. The Morgan fingerprint density at radius 2 is 1.92 bits per heavy atom. The van der Waals surface area contributed by atoms with Crippen LogP contribution in [0.4, 0.5) is 0 Å². The molecule has 2 saturated carbocycles. The summed E-state index contributed by atoms with van der Waals surface area (Å²) in [5, 5.41) is 0. The molecule has 0 radical (unpaired) electrons. The average Bonchev–Trinajstić information content (AvgIpc) is 3.23. The Bertz CT molecular complexity index is 590. The molecule has 3 rings (SSSR count). The number of ether oxygens (including phenoxy) is 1. The lowest BCUT2D eigenvalue weighted by Crippen LogP contribution is -2.51. The third-order valence-corrected chi connectivity index (χ3v) is 5.72. The van der Waals surface area contributed by atoms with Gasteiger partial charge >= 0.3 is 5.97 Å². The van der Waals surface area contributed by atoms with Crippen LogP contribution in [-0.4, -0.2) is 25.0 Å². The molecule has 5 heteroatoms. The van der Waals surface area contributed by atoms with E-state index in [1.165, 1.54) is 26.4 Å². The van der Waals surface area contributed by atoms with Crippen LogP contribution in [0, 0.1) is 23.7 Å². The lowest BCUT2D eigenvalue weighted by atomic mass is 9.76. The topological polar surface area (TPSA) is 67.4 Å². The van der Waals surface area contributed by atoms with Crippen LogP contribution in [0.25, 0.3) is 0 Å². The van der Waals surface area contributed by atoms with Gasteiger partial charge in [-0.15, -0.1) is 0 Å². The molecule has 1 aromatic carbocycles. The molecule has 2 fully saturated rings. The van der Waals surface area contributed by atoms with Crippen LogP contribution in [0.3, 0.4) is 0 Å². The molecule has 1 aromatic rings. The summed E-state index contributed by atoms with van der Waals surface area (Å²) in [5.74, 6) is 1.14. The van der Waals surface area contributed by atoms with Gasteiger partial charge in [-0.2, -0.15) is 0 Å². The standard InChI is InChI=1S/C19H26N2O3/c1-12(20-21-18(22)14-6-4-3-5-7-14)17(19(23)24-2)16-11-13-8-9-15(16)10-13/h3-7,12-13,15-17,20H,8-11H2,1-2H3,(H,21,22). The highest BCUT2D eigenvalue weighted by molar-refractivity contribution is 5.93. The van der Waals surface area contributed by atoms with E-state index in [0.717, 1.165) is 12.3 Å². The van der Waals surface area contributed by atoms with Gasteiger partial charge < -0.3 is 4.74 Å². The minimum atomic E-state index is -0.221. The second-order valence-electron chi connectivity index (χ2n) is 7.14. The number of hydrogen-bond acceptors (Lipinski definition) is 4. The molecule has 0 saturated heterocycles. The first-order valence-corrected chi connectivity index (χ1v) is 8.79. The normalized spacial score (nSPS) is 27.5. The van der Waals surface area contributed by atoms with Crippen molar-refractivity contribution in [3.05, 3.63) is 35.9 Å². The molecule has 2 aliphatic rings. The molecule has 2 bridgehead atoms. The smallest absolute Gasteiger partial charge is 0.310 e. The molecule has 24 heavy (non-hydrogen) atoms. The van der Waals surface area contributed by atoms with E-state index in [9.17, 15) is 9.59 Å². The molecule has 5 nitrogen and oxygen atoms in total. The number of fused-ring (bicyclic) bond motifs is 2. The number of hydrazine groups is 1. The summed E-state index contributed by atoms with van der Waals surface area (Å²) in [5.41, 5.74) is 6.35. The van der Waals surface area contributed by atoms with Gasteiger partial charge in [0, 0.05) is 11.6 Å². The van der Waals surface area contributed by atoms with Crippen molar-refractivity contribution in [3.8, 4) is 0 Å². The van der Waals surface area contributed by atoms with Crippen LogP contribution in [0.1, 0.15) is 43.0 Å². The highest BCUT2D eigenvalue weighted by Gasteiger charge is 2.47. The summed E-state index contributed by atoms with van der Waals surface area (Å²) >= 11 is 0. The summed E-state index contributed by atoms with van der Waals surface area (Å²) in [6.45, 7) is 1.94. The van der Waals surface area contributed by atoms with Crippen LogP contribution in [0.2, 0.25) is 0 Å². The van der Waals surface area contributed by atoms with Gasteiger partial charge in [-0.05, 0) is 56.1 Å². The maximum absolute atomic E-state index is 12.4. The van der Waals surface area contributed by atoms with Gasteiger partial charge in [0.15, 0.2) is 0 Å². The van der Waals surface area contributed by atoms with E-state index in [0.29, 0.717) is 17.4 Å². The van der Waals surface area contributed by atoms with Crippen molar-refractivity contribution >= 4 is 11.9 Å². The first-order valence-electron chi connectivity index (χ1n) is 8.79. The fourth-order valence-corrected chi connectivity index (χ4v) is 4.55. The van der Waals surface area contributed by atoms with Crippen molar-refractivity contribution in [1.82, 2.24) is 10.9 Å².